The van der Waals surface area contributed by atoms with Crippen molar-refractivity contribution >= 4 is 76.3 Å². The molecule has 0 aromatic carbocycles. The Labute approximate surface area is 227 Å². The summed E-state index contributed by atoms with van der Waals surface area (Å²) < 4.78 is 1.98. The Balaban J connectivity index is 3.82. The third-order valence-corrected chi connectivity index (χ3v) is 12.4. The molecule has 1 unspecified atom stereocenters. The molecule has 190 valence electrons. The molecule has 0 rings (SSSR count). The summed E-state index contributed by atoms with van der Waals surface area (Å²) in [6.07, 6.45) is 20.6. The van der Waals surface area contributed by atoms with Gasteiger partial charge < -0.3 is 9.80 Å². The third-order valence-electron chi connectivity index (χ3n) is 5.25. The van der Waals surface area contributed by atoms with E-state index >= 15 is 0 Å². The molecule has 0 aliphatic heterocycles. The first kappa shape index (κ1) is 33.2. The largest absolute Gasteiger partial charge is 0.363 e. The van der Waals surface area contributed by atoms with Crippen molar-refractivity contribution in [3.8, 4) is 0 Å². The number of unbranched alkanes of at least 4 members (excludes halogenated alkanes) is 11. The van der Waals surface area contributed by atoms with Gasteiger partial charge in [0.2, 0.25) is 0 Å². The lowest BCUT2D eigenvalue weighted by atomic mass is 10.0. The predicted molar refractivity (Wildman–Crippen MR) is 167 cm³/mol. The molecule has 0 saturated carbocycles. The number of nitrogens with zero attached hydrogens (tertiary/aromatic N) is 2. The van der Waals surface area contributed by atoms with Crippen LogP contribution in [0.5, 0.6) is 0 Å². The fourth-order valence-corrected chi connectivity index (χ4v) is 8.53. The van der Waals surface area contributed by atoms with E-state index in [1.807, 2.05) is 51.4 Å². The molecule has 32 heavy (non-hydrogen) atoms. The minimum Gasteiger partial charge on any atom is -0.363 e. The highest BCUT2D eigenvalue weighted by atomic mass is 33.1. The Morgan fingerprint density at radius 3 is 1.56 bits per heavy atom. The maximum atomic E-state index is 5.48. The van der Waals surface area contributed by atoms with Gasteiger partial charge in [0.1, 0.15) is 8.64 Å². The predicted octanol–water partition coefficient (Wildman–Crippen LogP) is 9.68. The highest BCUT2D eigenvalue weighted by Crippen LogP contribution is 2.35. The zero-order valence-corrected chi connectivity index (χ0v) is 26.1. The van der Waals surface area contributed by atoms with Crippen molar-refractivity contribution in [2.45, 2.75) is 108 Å². The molecule has 0 amide bonds. The number of thiocarbonyl (C=S) groups is 2. The highest BCUT2D eigenvalue weighted by Gasteiger charge is 2.12. The Morgan fingerprint density at radius 1 is 0.625 bits per heavy atom. The van der Waals surface area contributed by atoms with E-state index in [4.69, 9.17) is 24.4 Å². The second-order valence-corrected chi connectivity index (χ2v) is 15.0. The quantitative estimate of drug-likeness (QED) is 0.0819. The smallest absolute Gasteiger partial charge is 0.146 e. The molecular weight excluding hydrogens is 509 g/mol. The molecule has 0 bridgehead atoms. The van der Waals surface area contributed by atoms with Gasteiger partial charge in [0, 0.05) is 39.2 Å². The Bertz CT molecular complexity index is 460. The van der Waals surface area contributed by atoms with Crippen LogP contribution in [0.4, 0.5) is 0 Å². The lowest BCUT2D eigenvalue weighted by Gasteiger charge is -2.18. The molecule has 0 aliphatic carbocycles. The van der Waals surface area contributed by atoms with E-state index in [9.17, 15) is 0 Å². The average molecular weight is 557 g/mol. The van der Waals surface area contributed by atoms with Gasteiger partial charge in [-0.3, -0.25) is 0 Å². The van der Waals surface area contributed by atoms with Gasteiger partial charge in [0.05, 0.1) is 0 Å². The summed E-state index contributed by atoms with van der Waals surface area (Å²) in [6, 6.07) is 0. The van der Waals surface area contributed by atoms with E-state index in [-0.39, 0.29) is 0 Å². The van der Waals surface area contributed by atoms with Crippen molar-refractivity contribution in [2.24, 2.45) is 0 Å². The first-order chi connectivity index (χ1) is 15.4. The van der Waals surface area contributed by atoms with Crippen molar-refractivity contribution in [3.05, 3.63) is 0 Å². The molecule has 0 saturated heterocycles. The molecule has 0 aromatic rings. The maximum Gasteiger partial charge on any atom is 0.146 e. The number of hydrogen-bond donors (Lipinski definition) is 0. The molecule has 1 atom stereocenters. The van der Waals surface area contributed by atoms with Crippen molar-refractivity contribution < 1.29 is 0 Å². The standard InChI is InChI=1S/C24H48N2S6/c1-6-7-8-9-13-16-19-22(30-32-24(28)26(4)5)20-17-14-11-10-12-15-18-21-29-31-23(27)25(2)3/h22H,6-21H2,1-5H3. The van der Waals surface area contributed by atoms with Crippen LogP contribution >= 0.6 is 67.6 Å². The molecule has 0 aromatic heterocycles. The Kier molecular flexibility index (Phi) is 24.8. The van der Waals surface area contributed by atoms with E-state index in [0.29, 0.717) is 0 Å². The minimum atomic E-state index is 0.756. The van der Waals surface area contributed by atoms with Crippen molar-refractivity contribution in [1.29, 1.82) is 0 Å². The van der Waals surface area contributed by atoms with Crippen LogP contribution in [0.25, 0.3) is 0 Å². The Hall–Kier alpha value is 1.18. The van der Waals surface area contributed by atoms with Crippen LogP contribution in [0.3, 0.4) is 0 Å². The van der Waals surface area contributed by atoms with Crippen LogP contribution in [0.15, 0.2) is 0 Å². The normalized spacial score (nSPS) is 12.0. The van der Waals surface area contributed by atoms with Crippen LogP contribution in [-0.4, -0.2) is 57.6 Å². The summed E-state index contributed by atoms with van der Waals surface area (Å²) in [5.41, 5.74) is 0. The molecule has 0 N–H and O–H groups in total. The van der Waals surface area contributed by atoms with E-state index in [1.165, 1.54) is 102 Å². The van der Waals surface area contributed by atoms with E-state index in [0.717, 1.165) is 13.9 Å². The van der Waals surface area contributed by atoms with Gasteiger partial charge in [-0.15, -0.1) is 0 Å². The van der Waals surface area contributed by atoms with Crippen LogP contribution < -0.4 is 0 Å². The first-order valence-electron chi connectivity index (χ1n) is 12.4. The second-order valence-electron chi connectivity index (χ2n) is 8.85. The number of hydrogen-bond acceptors (Lipinski definition) is 6. The van der Waals surface area contributed by atoms with Crippen LogP contribution in [0.1, 0.15) is 103 Å². The van der Waals surface area contributed by atoms with E-state index in [1.54, 1.807) is 10.8 Å². The lowest BCUT2D eigenvalue weighted by Crippen LogP contribution is -2.15. The van der Waals surface area contributed by atoms with Gasteiger partial charge in [-0.2, -0.15) is 0 Å². The van der Waals surface area contributed by atoms with Gasteiger partial charge in [-0.1, -0.05) is 130 Å². The van der Waals surface area contributed by atoms with Gasteiger partial charge >= 0.3 is 0 Å². The van der Waals surface area contributed by atoms with E-state index < -0.39 is 0 Å². The molecular formula is C24H48N2S6. The fraction of sp³-hybridized carbons (Fsp3) is 0.917. The first-order valence-corrected chi connectivity index (χ1v) is 17.8. The summed E-state index contributed by atoms with van der Waals surface area (Å²) in [7, 11) is 15.6. The van der Waals surface area contributed by atoms with Gasteiger partial charge in [0.15, 0.2) is 0 Å². The fourth-order valence-electron chi connectivity index (χ4n) is 3.16. The SMILES string of the molecule is CCCCCCCCC(CCCCCCCCCSSC(=S)N(C)C)SSC(=S)N(C)C. The summed E-state index contributed by atoms with van der Waals surface area (Å²) >= 11 is 10.8. The van der Waals surface area contributed by atoms with Gasteiger partial charge in [-0.05, 0) is 40.9 Å². The molecule has 8 heteroatoms. The zero-order chi connectivity index (χ0) is 24.0. The Morgan fingerprint density at radius 2 is 1.06 bits per heavy atom. The van der Waals surface area contributed by atoms with Crippen molar-refractivity contribution in [1.82, 2.24) is 9.80 Å². The zero-order valence-electron chi connectivity index (χ0n) is 21.2. The maximum absolute atomic E-state index is 5.48. The van der Waals surface area contributed by atoms with Crippen molar-refractivity contribution in [2.75, 3.05) is 33.9 Å². The number of rotatable bonds is 20. The minimum absolute atomic E-state index is 0.756. The summed E-state index contributed by atoms with van der Waals surface area (Å²) in [5, 5.41) is 0.756. The van der Waals surface area contributed by atoms with Crippen LogP contribution in [-0.2, 0) is 0 Å². The third kappa shape index (κ3) is 21.7. The monoisotopic (exact) mass is 556 g/mol. The summed E-state index contributed by atoms with van der Waals surface area (Å²) in [5.74, 6) is 1.21. The van der Waals surface area contributed by atoms with Gasteiger partial charge in [0.25, 0.3) is 0 Å². The van der Waals surface area contributed by atoms with Gasteiger partial charge in [-0.25, -0.2) is 0 Å². The van der Waals surface area contributed by atoms with Crippen LogP contribution in [0.2, 0.25) is 0 Å². The highest BCUT2D eigenvalue weighted by molar-refractivity contribution is 8.84. The van der Waals surface area contributed by atoms with E-state index in [2.05, 4.69) is 25.9 Å². The summed E-state index contributed by atoms with van der Waals surface area (Å²) in [4.78, 5) is 4.07. The molecule has 2 nitrogen and oxygen atoms in total. The lowest BCUT2D eigenvalue weighted by molar-refractivity contribution is 0.540. The molecule has 0 heterocycles. The molecule has 0 fully saturated rings. The topological polar surface area (TPSA) is 6.48 Å². The molecule has 0 aliphatic rings. The average Bonchev–Trinajstić information content (AvgIpc) is 2.76. The second kappa shape index (κ2) is 23.9. The molecule has 0 radical (unpaired) electrons. The van der Waals surface area contributed by atoms with Crippen molar-refractivity contribution in [3.63, 3.8) is 0 Å². The molecule has 0 spiro atoms. The van der Waals surface area contributed by atoms with Crippen LogP contribution in [0, 0.1) is 0 Å². The summed E-state index contributed by atoms with van der Waals surface area (Å²) in [6.45, 7) is 2.29.